The van der Waals surface area contributed by atoms with E-state index in [1.54, 1.807) is 24.3 Å². The van der Waals surface area contributed by atoms with E-state index in [-0.39, 0.29) is 18.4 Å². The van der Waals surface area contributed by atoms with E-state index in [0.717, 1.165) is 11.1 Å². The maximum absolute atomic E-state index is 11.7. The Morgan fingerprint density at radius 2 is 2.09 bits per heavy atom. The Morgan fingerprint density at radius 3 is 2.78 bits per heavy atom. The molecule has 6 heteroatoms. The third-order valence-corrected chi connectivity index (χ3v) is 3.49. The summed E-state index contributed by atoms with van der Waals surface area (Å²) in [6.07, 6.45) is 4.54. The third kappa shape index (κ3) is 5.64. The number of benzene rings is 1. The average molecular weight is 333 g/mol. The number of aryl methyl sites for hydroxylation is 1. The number of rotatable bonds is 6. The SMILES string of the molecule is Cc1ccc(/C=C/C(=O)NCC(=O)NCc2ccco2)cc1Cl. The molecule has 2 amide bonds. The van der Waals surface area contributed by atoms with E-state index < -0.39 is 0 Å². The molecule has 1 aromatic heterocycles. The molecule has 0 bridgehead atoms. The molecule has 23 heavy (non-hydrogen) atoms. The Morgan fingerprint density at radius 1 is 1.26 bits per heavy atom. The first kappa shape index (κ1) is 16.8. The van der Waals surface area contributed by atoms with Crippen LogP contribution in [0, 0.1) is 6.92 Å². The highest BCUT2D eigenvalue weighted by Gasteiger charge is 2.04. The Kier molecular flexibility index (Phi) is 6.00. The lowest BCUT2D eigenvalue weighted by Gasteiger charge is -2.04. The van der Waals surface area contributed by atoms with E-state index in [0.29, 0.717) is 17.3 Å². The van der Waals surface area contributed by atoms with E-state index in [9.17, 15) is 9.59 Å². The maximum Gasteiger partial charge on any atom is 0.244 e. The Bertz CT molecular complexity index is 709. The van der Waals surface area contributed by atoms with Crippen molar-refractivity contribution in [3.63, 3.8) is 0 Å². The molecule has 0 atom stereocenters. The molecule has 2 aromatic rings. The van der Waals surface area contributed by atoms with Crippen LogP contribution in [0.2, 0.25) is 5.02 Å². The predicted octanol–water partition coefficient (Wildman–Crippen LogP) is 2.69. The van der Waals surface area contributed by atoms with Crippen LogP contribution in [0.3, 0.4) is 0 Å². The lowest BCUT2D eigenvalue weighted by molar-refractivity contribution is -0.124. The van der Waals surface area contributed by atoms with E-state index in [1.807, 2.05) is 19.1 Å². The third-order valence-electron chi connectivity index (χ3n) is 3.09. The largest absolute Gasteiger partial charge is 0.467 e. The van der Waals surface area contributed by atoms with Gasteiger partial charge in [0, 0.05) is 11.1 Å². The number of nitrogens with one attached hydrogen (secondary N) is 2. The Balaban J connectivity index is 1.74. The van der Waals surface area contributed by atoms with Gasteiger partial charge in [-0.15, -0.1) is 0 Å². The normalized spacial score (nSPS) is 10.7. The van der Waals surface area contributed by atoms with Gasteiger partial charge < -0.3 is 15.1 Å². The topological polar surface area (TPSA) is 71.3 Å². The van der Waals surface area contributed by atoms with E-state index >= 15 is 0 Å². The van der Waals surface area contributed by atoms with Crippen LogP contribution in [0.4, 0.5) is 0 Å². The number of amides is 2. The molecule has 0 aliphatic carbocycles. The molecule has 120 valence electrons. The van der Waals surface area contributed by atoms with Gasteiger partial charge in [0.25, 0.3) is 0 Å². The number of carbonyl (C=O) groups excluding carboxylic acids is 2. The molecule has 0 aliphatic rings. The second-order valence-electron chi connectivity index (χ2n) is 4.92. The second kappa shape index (κ2) is 8.19. The van der Waals surface area contributed by atoms with Gasteiger partial charge in [-0.05, 0) is 42.3 Å². The van der Waals surface area contributed by atoms with Gasteiger partial charge >= 0.3 is 0 Å². The zero-order chi connectivity index (χ0) is 16.7. The molecule has 0 radical (unpaired) electrons. The summed E-state index contributed by atoms with van der Waals surface area (Å²) >= 11 is 6.01. The van der Waals surface area contributed by atoms with Crippen molar-refractivity contribution in [1.82, 2.24) is 10.6 Å². The summed E-state index contributed by atoms with van der Waals surface area (Å²) in [5, 5.41) is 5.79. The van der Waals surface area contributed by atoms with Gasteiger partial charge in [0.2, 0.25) is 11.8 Å². The lowest BCUT2D eigenvalue weighted by atomic mass is 10.1. The van der Waals surface area contributed by atoms with Crippen molar-refractivity contribution < 1.29 is 14.0 Å². The minimum Gasteiger partial charge on any atom is -0.467 e. The molecule has 0 saturated carbocycles. The molecular formula is C17H17ClN2O3. The molecule has 1 aromatic carbocycles. The summed E-state index contributed by atoms with van der Waals surface area (Å²) < 4.78 is 5.09. The highest BCUT2D eigenvalue weighted by atomic mass is 35.5. The molecule has 1 heterocycles. The van der Waals surface area contributed by atoms with Crippen LogP contribution >= 0.6 is 11.6 Å². The number of carbonyl (C=O) groups is 2. The number of furan rings is 1. The van der Waals surface area contributed by atoms with Crippen LogP contribution < -0.4 is 10.6 Å². The summed E-state index contributed by atoms with van der Waals surface area (Å²) in [4.78, 5) is 23.3. The first-order valence-electron chi connectivity index (χ1n) is 7.06. The summed E-state index contributed by atoms with van der Waals surface area (Å²) in [5.41, 5.74) is 1.79. The average Bonchev–Trinajstić information content (AvgIpc) is 3.05. The Labute approximate surface area is 139 Å². The molecule has 0 saturated heterocycles. The van der Waals surface area contributed by atoms with Gasteiger partial charge in [-0.2, -0.15) is 0 Å². The number of hydrogen-bond acceptors (Lipinski definition) is 3. The van der Waals surface area contributed by atoms with Gasteiger partial charge in [-0.25, -0.2) is 0 Å². The van der Waals surface area contributed by atoms with Crippen molar-refractivity contribution in [3.05, 3.63) is 64.6 Å². The summed E-state index contributed by atoms with van der Waals surface area (Å²) in [7, 11) is 0. The predicted molar refractivity (Wildman–Crippen MR) is 88.8 cm³/mol. The molecule has 2 rings (SSSR count). The first-order chi connectivity index (χ1) is 11.0. The van der Waals surface area contributed by atoms with Crippen LogP contribution in [0.25, 0.3) is 6.08 Å². The fourth-order valence-electron chi connectivity index (χ4n) is 1.77. The van der Waals surface area contributed by atoms with Crippen LogP contribution in [-0.4, -0.2) is 18.4 Å². The van der Waals surface area contributed by atoms with Gasteiger partial charge in [-0.3, -0.25) is 9.59 Å². The molecule has 5 nitrogen and oxygen atoms in total. The van der Waals surface area contributed by atoms with Crippen molar-refractivity contribution in [1.29, 1.82) is 0 Å². The highest BCUT2D eigenvalue weighted by molar-refractivity contribution is 6.31. The van der Waals surface area contributed by atoms with Crippen molar-refractivity contribution in [2.75, 3.05) is 6.54 Å². The summed E-state index contributed by atoms with van der Waals surface area (Å²) in [5.74, 6) is 0.0113. The maximum atomic E-state index is 11.7. The van der Waals surface area contributed by atoms with E-state index in [2.05, 4.69) is 10.6 Å². The lowest BCUT2D eigenvalue weighted by Crippen LogP contribution is -2.35. The fourth-order valence-corrected chi connectivity index (χ4v) is 1.96. The second-order valence-corrected chi connectivity index (χ2v) is 5.32. The fraction of sp³-hybridized carbons (Fsp3) is 0.176. The Hall–Kier alpha value is -2.53. The monoisotopic (exact) mass is 332 g/mol. The van der Waals surface area contributed by atoms with Crippen molar-refractivity contribution in [3.8, 4) is 0 Å². The van der Waals surface area contributed by atoms with Crippen LogP contribution in [-0.2, 0) is 16.1 Å². The van der Waals surface area contributed by atoms with Gasteiger partial charge in [0.15, 0.2) is 0 Å². The van der Waals surface area contributed by atoms with Gasteiger partial charge in [0.05, 0.1) is 19.4 Å². The van der Waals surface area contributed by atoms with Crippen molar-refractivity contribution in [2.24, 2.45) is 0 Å². The number of halogens is 1. The standard InChI is InChI=1S/C17H17ClN2O3/c1-12-4-5-13(9-15(12)18)6-7-16(21)20-11-17(22)19-10-14-3-2-8-23-14/h2-9H,10-11H2,1H3,(H,19,22)(H,20,21)/b7-6+. The minimum atomic E-state index is -0.352. The van der Waals surface area contributed by atoms with E-state index in [4.69, 9.17) is 16.0 Å². The number of hydrogen-bond donors (Lipinski definition) is 2. The molecule has 0 aliphatic heterocycles. The van der Waals surface area contributed by atoms with Crippen LogP contribution in [0.5, 0.6) is 0 Å². The zero-order valence-corrected chi connectivity index (χ0v) is 13.4. The van der Waals surface area contributed by atoms with Crippen molar-refractivity contribution in [2.45, 2.75) is 13.5 Å². The van der Waals surface area contributed by atoms with Crippen molar-refractivity contribution >= 4 is 29.5 Å². The molecule has 0 fully saturated rings. The summed E-state index contributed by atoms with van der Waals surface area (Å²) in [6.45, 7) is 2.10. The molecule has 0 spiro atoms. The molecular weight excluding hydrogens is 316 g/mol. The van der Waals surface area contributed by atoms with Gasteiger partial charge in [0.1, 0.15) is 5.76 Å². The van der Waals surface area contributed by atoms with Crippen LogP contribution in [0.15, 0.2) is 47.1 Å². The minimum absolute atomic E-state index is 0.0987. The molecule has 2 N–H and O–H groups in total. The first-order valence-corrected chi connectivity index (χ1v) is 7.43. The quantitative estimate of drug-likeness (QED) is 0.799. The van der Waals surface area contributed by atoms with Crippen LogP contribution in [0.1, 0.15) is 16.9 Å². The highest BCUT2D eigenvalue weighted by Crippen LogP contribution is 2.17. The van der Waals surface area contributed by atoms with Gasteiger partial charge in [-0.1, -0.05) is 23.7 Å². The molecule has 0 unspecified atom stereocenters. The summed E-state index contributed by atoms with van der Waals surface area (Å²) in [6, 6.07) is 9.01. The smallest absolute Gasteiger partial charge is 0.244 e. The van der Waals surface area contributed by atoms with E-state index in [1.165, 1.54) is 12.3 Å². The zero-order valence-electron chi connectivity index (χ0n) is 12.6.